The standard InChI is InChI=1S/C24H16Cl2O4/c25-16-9-5-14(6-10-16)19(13-20(27)15-7-11-17(26)12-8-15)22-23(28)18-3-1-2-4-21(18)30-24(22)29/h1-12,19,28H,13H2. The Morgan fingerprint density at radius 3 is 2.17 bits per heavy atom. The number of halogens is 2. The molecule has 3 aromatic carbocycles. The molecule has 1 unspecified atom stereocenters. The molecule has 0 bridgehead atoms. The van der Waals surface area contributed by atoms with E-state index in [9.17, 15) is 14.7 Å². The molecule has 0 aliphatic heterocycles. The number of hydrogen-bond donors (Lipinski definition) is 1. The predicted molar refractivity (Wildman–Crippen MR) is 118 cm³/mol. The molecule has 0 aliphatic carbocycles. The Hall–Kier alpha value is -3.08. The van der Waals surface area contributed by atoms with Crippen molar-refractivity contribution in [1.29, 1.82) is 0 Å². The second-order valence-corrected chi connectivity index (χ2v) is 7.76. The van der Waals surface area contributed by atoms with Gasteiger partial charge in [0.2, 0.25) is 0 Å². The van der Waals surface area contributed by atoms with E-state index in [-0.39, 0.29) is 29.1 Å². The Labute approximate surface area is 182 Å². The van der Waals surface area contributed by atoms with Crippen molar-refractivity contribution in [1.82, 2.24) is 0 Å². The fourth-order valence-electron chi connectivity index (χ4n) is 3.48. The molecule has 4 aromatic rings. The van der Waals surface area contributed by atoms with E-state index < -0.39 is 11.5 Å². The first-order valence-electron chi connectivity index (χ1n) is 9.23. The molecule has 0 spiro atoms. The van der Waals surface area contributed by atoms with Gasteiger partial charge in [-0.15, -0.1) is 0 Å². The number of fused-ring (bicyclic) bond motifs is 1. The highest BCUT2D eigenvalue weighted by molar-refractivity contribution is 6.30. The zero-order chi connectivity index (χ0) is 21.3. The quantitative estimate of drug-likeness (QED) is 0.297. The summed E-state index contributed by atoms with van der Waals surface area (Å²) in [4.78, 5) is 25.8. The molecule has 4 nitrogen and oxygen atoms in total. The zero-order valence-electron chi connectivity index (χ0n) is 15.6. The Bertz CT molecular complexity index is 1280. The predicted octanol–water partition coefficient (Wildman–Crippen LogP) is 6.21. The van der Waals surface area contributed by atoms with Gasteiger partial charge in [-0.1, -0.05) is 47.5 Å². The van der Waals surface area contributed by atoms with E-state index >= 15 is 0 Å². The van der Waals surface area contributed by atoms with Gasteiger partial charge in [0.25, 0.3) is 0 Å². The number of para-hydroxylation sites is 1. The van der Waals surface area contributed by atoms with Crippen molar-refractivity contribution in [2.45, 2.75) is 12.3 Å². The minimum absolute atomic E-state index is 0.0401. The van der Waals surface area contributed by atoms with Crippen LogP contribution < -0.4 is 5.63 Å². The normalized spacial score (nSPS) is 12.1. The molecule has 4 rings (SSSR count). The third-order valence-corrected chi connectivity index (χ3v) is 5.50. The molecule has 30 heavy (non-hydrogen) atoms. The van der Waals surface area contributed by atoms with Crippen LogP contribution in [0.1, 0.15) is 33.8 Å². The first-order chi connectivity index (χ1) is 14.4. The third kappa shape index (κ3) is 3.97. The summed E-state index contributed by atoms with van der Waals surface area (Å²) in [6.45, 7) is 0. The van der Waals surface area contributed by atoms with Gasteiger partial charge in [0, 0.05) is 27.9 Å². The van der Waals surface area contributed by atoms with Gasteiger partial charge in [-0.25, -0.2) is 4.79 Å². The van der Waals surface area contributed by atoms with E-state index in [0.29, 0.717) is 26.6 Å². The summed E-state index contributed by atoms with van der Waals surface area (Å²) >= 11 is 11.9. The van der Waals surface area contributed by atoms with Gasteiger partial charge in [-0.2, -0.15) is 0 Å². The number of carbonyl (C=O) groups is 1. The lowest BCUT2D eigenvalue weighted by atomic mass is 9.85. The van der Waals surface area contributed by atoms with Gasteiger partial charge in [0.05, 0.1) is 10.9 Å². The molecule has 6 heteroatoms. The van der Waals surface area contributed by atoms with Crippen LogP contribution in [0.3, 0.4) is 0 Å². The van der Waals surface area contributed by atoms with Crippen molar-refractivity contribution in [3.63, 3.8) is 0 Å². The average Bonchev–Trinajstić information content (AvgIpc) is 2.74. The molecule has 0 radical (unpaired) electrons. The number of aromatic hydroxyl groups is 1. The van der Waals surface area contributed by atoms with Crippen LogP contribution in [-0.4, -0.2) is 10.9 Å². The molecule has 1 N–H and O–H groups in total. The number of carbonyl (C=O) groups excluding carboxylic acids is 1. The minimum Gasteiger partial charge on any atom is -0.507 e. The summed E-state index contributed by atoms with van der Waals surface area (Å²) in [7, 11) is 0. The number of Topliss-reactive ketones (excluding diaryl/α,β-unsaturated/α-hetero) is 1. The molecular formula is C24H16Cl2O4. The molecule has 1 aromatic heterocycles. The van der Waals surface area contributed by atoms with Gasteiger partial charge in [-0.05, 0) is 54.1 Å². The lowest BCUT2D eigenvalue weighted by Gasteiger charge is -2.18. The van der Waals surface area contributed by atoms with Gasteiger partial charge >= 0.3 is 5.63 Å². The molecule has 0 saturated heterocycles. The van der Waals surface area contributed by atoms with Crippen LogP contribution in [0.2, 0.25) is 10.0 Å². The summed E-state index contributed by atoms with van der Waals surface area (Å²) < 4.78 is 5.43. The highest BCUT2D eigenvalue weighted by Gasteiger charge is 2.27. The van der Waals surface area contributed by atoms with Crippen LogP contribution in [0.25, 0.3) is 11.0 Å². The minimum atomic E-state index is -0.716. The second-order valence-electron chi connectivity index (χ2n) is 6.89. The molecule has 0 amide bonds. The molecule has 0 saturated carbocycles. The van der Waals surface area contributed by atoms with E-state index in [4.69, 9.17) is 27.6 Å². The Morgan fingerprint density at radius 2 is 1.50 bits per heavy atom. The Morgan fingerprint density at radius 1 is 0.900 bits per heavy atom. The van der Waals surface area contributed by atoms with E-state index in [1.165, 1.54) is 0 Å². The maximum atomic E-state index is 13.0. The average molecular weight is 439 g/mol. The van der Waals surface area contributed by atoms with Crippen molar-refractivity contribution in [2.75, 3.05) is 0 Å². The fourth-order valence-corrected chi connectivity index (χ4v) is 3.73. The third-order valence-electron chi connectivity index (χ3n) is 5.00. The maximum absolute atomic E-state index is 13.0. The lowest BCUT2D eigenvalue weighted by molar-refractivity contribution is 0.0977. The van der Waals surface area contributed by atoms with Crippen LogP contribution in [0, 0.1) is 0 Å². The first kappa shape index (κ1) is 20.2. The number of ketones is 1. The van der Waals surface area contributed by atoms with Crippen LogP contribution in [0.15, 0.2) is 82.0 Å². The molecule has 1 heterocycles. The largest absolute Gasteiger partial charge is 0.507 e. The maximum Gasteiger partial charge on any atom is 0.343 e. The van der Waals surface area contributed by atoms with E-state index in [2.05, 4.69) is 0 Å². The zero-order valence-corrected chi connectivity index (χ0v) is 17.2. The summed E-state index contributed by atoms with van der Waals surface area (Å²) in [5, 5.41) is 12.4. The summed E-state index contributed by atoms with van der Waals surface area (Å²) in [5.41, 5.74) is 0.763. The van der Waals surface area contributed by atoms with Crippen LogP contribution in [0.4, 0.5) is 0 Å². The van der Waals surface area contributed by atoms with Crippen molar-refractivity contribution < 1.29 is 14.3 Å². The number of rotatable bonds is 5. The Balaban J connectivity index is 1.85. The highest BCUT2D eigenvalue weighted by atomic mass is 35.5. The summed E-state index contributed by atoms with van der Waals surface area (Å²) in [5.74, 6) is -1.10. The Kier molecular flexibility index (Phi) is 5.62. The number of hydrogen-bond acceptors (Lipinski definition) is 4. The van der Waals surface area contributed by atoms with Crippen LogP contribution in [-0.2, 0) is 0 Å². The molecule has 1 atom stereocenters. The van der Waals surface area contributed by atoms with Crippen LogP contribution >= 0.6 is 23.2 Å². The topological polar surface area (TPSA) is 67.5 Å². The monoisotopic (exact) mass is 438 g/mol. The highest BCUT2D eigenvalue weighted by Crippen LogP contribution is 2.37. The fraction of sp³-hybridized carbons (Fsp3) is 0.0833. The second kappa shape index (κ2) is 8.34. The van der Waals surface area contributed by atoms with Gasteiger partial charge in [-0.3, -0.25) is 4.79 Å². The smallest absolute Gasteiger partial charge is 0.343 e. The van der Waals surface area contributed by atoms with Crippen molar-refractivity contribution in [3.05, 3.63) is 110 Å². The SMILES string of the molecule is O=C(CC(c1ccc(Cl)cc1)c1c(O)c2ccccc2oc1=O)c1ccc(Cl)cc1. The lowest BCUT2D eigenvalue weighted by Crippen LogP contribution is -2.17. The van der Waals surface area contributed by atoms with Gasteiger partial charge in [0.15, 0.2) is 5.78 Å². The van der Waals surface area contributed by atoms with E-state index in [1.807, 2.05) is 0 Å². The molecule has 0 aliphatic rings. The molecular weight excluding hydrogens is 423 g/mol. The van der Waals surface area contributed by atoms with Crippen LogP contribution in [0.5, 0.6) is 5.75 Å². The van der Waals surface area contributed by atoms with E-state index in [0.717, 1.165) is 0 Å². The van der Waals surface area contributed by atoms with Gasteiger partial charge in [0.1, 0.15) is 11.3 Å². The first-order valence-corrected chi connectivity index (χ1v) is 9.98. The van der Waals surface area contributed by atoms with Crippen molar-refractivity contribution in [3.8, 4) is 5.75 Å². The van der Waals surface area contributed by atoms with Crippen molar-refractivity contribution in [2.24, 2.45) is 0 Å². The summed E-state index contributed by atoms with van der Waals surface area (Å²) in [6.07, 6.45) is -0.0417. The number of benzene rings is 3. The molecule has 0 fully saturated rings. The summed E-state index contributed by atoms with van der Waals surface area (Å²) in [6, 6.07) is 20.1. The van der Waals surface area contributed by atoms with E-state index in [1.54, 1.807) is 72.8 Å². The van der Waals surface area contributed by atoms with Gasteiger partial charge < -0.3 is 9.52 Å². The van der Waals surface area contributed by atoms with Crippen molar-refractivity contribution >= 4 is 40.0 Å². The molecule has 150 valence electrons.